The summed E-state index contributed by atoms with van der Waals surface area (Å²) in [7, 11) is 1.61. The number of carbonyl (C=O) groups excluding carboxylic acids is 1. The lowest BCUT2D eigenvalue weighted by atomic mass is 10.1. The topological polar surface area (TPSA) is 97.6 Å². The van der Waals surface area contributed by atoms with Crippen molar-refractivity contribution in [1.82, 2.24) is 9.88 Å². The molecule has 33 heavy (non-hydrogen) atoms. The van der Waals surface area contributed by atoms with Crippen LogP contribution in [0.1, 0.15) is 47.4 Å². The number of nitrogens with one attached hydrogen (secondary N) is 1. The summed E-state index contributed by atoms with van der Waals surface area (Å²) in [6.07, 6.45) is 3.55. The number of hydrogen-bond donors (Lipinski definition) is 1. The fourth-order valence-electron chi connectivity index (χ4n) is 3.72. The summed E-state index contributed by atoms with van der Waals surface area (Å²) in [5, 5.41) is 14.9. The van der Waals surface area contributed by atoms with Gasteiger partial charge in [-0.1, -0.05) is 18.2 Å². The zero-order valence-corrected chi connectivity index (χ0v) is 18.6. The van der Waals surface area contributed by atoms with Gasteiger partial charge in [-0.3, -0.25) is 19.9 Å². The van der Waals surface area contributed by atoms with Crippen LogP contribution in [0.4, 0.5) is 11.4 Å². The van der Waals surface area contributed by atoms with Crippen molar-refractivity contribution in [2.75, 3.05) is 12.4 Å². The third-order valence-corrected chi connectivity index (χ3v) is 5.71. The van der Waals surface area contributed by atoms with Gasteiger partial charge in [-0.25, -0.2) is 0 Å². The van der Waals surface area contributed by atoms with Gasteiger partial charge in [-0.05, 0) is 61.7 Å². The van der Waals surface area contributed by atoms with Crippen molar-refractivity contribution in [3.8, 4) is 5.75 Å². The second kappa shape index (κ2) is 9.68. The molecule has 0 radical (unpaired) electrons. The first-order valence-corrected chi connectivity index (χ1v) is 10.9. The molecule has 1 unspecified atom stereocenters. The van der Waals surface area contributed by atoms with Gasteiger partial charge in [0.1, 0.15) is 11.4 Å². The second-order valence-electron chi connectivity index (χ2n) is 8.12. The fraction of sp³-hybridized carbons (Fsp3) is 0.280. The molecule has 0 spiro atoms. The van der Waals surface area contributed by atoms with Crippen molar-refractivity contribution in [3.05, 3.63) is 93.8 Å². The van der Waals surface area contributed by atoms with E-state index in [0.717, 1.165) is 29.8 Å². The molecule has 170 valence electrons. The number of rotatable bonds is 9. The number of nitro benzene ring substituents is 1. The molecule has 8 nitrogen and oxygen atoms in total. The first-order chi connectivity index (χ1) is 16.0. The van der Waals surface area contributed by atoms with E-state index in [9.17, 15) is 14.9 Å². The van der Waals surface area contributed by atoms with E-state index >= 15 is 0 Å². The summed E-state index contributed by atoms with van der Waals surface area (Å²) in [5.74, 6) is 0.544. The number of pyridine rings is 1. The predicted octanol–water partition coefficient (Wildman–Crippen LogP) is 4.98. The maximum Gasteiger partial charge on any atom is 0.293 e. The van der Waals surface area contributed by atoms with Crippen molar-refractivity contribution in [2.24, 2.45) is 0 Å². The molecule has 1 saturated carbocycles. The molecule has 4 rings (SSSR count). The summed E-state index contributed by atoms with van der Waals surface area (Å²) in [6, 6.07) is 17.6. The van der Waals surface area contributed by atoms with Gasteiger partial charge in [0.2, 0.25) is 0 Å². The van der Waals surface area contributed by atoms with Crippen LogP contribution in [0.5, 0.6) is 5.75 Å². The van der Waals surface area contributed by atoms with Crippen molar-refractivity contribution in [2.45, 2.75) is 38.4 Å². The van der Waals surface area contributed by atoms with Crippen molar-refractivity contribution in [1.29, 1.82) is 0 Å². The highest BCUT2D eigenvalue weighted by molar-refractivity contribution is 5.96. The normalized spacial score (nSPS) is 13.8. The van der Waals surface area contributed by atoms with Crippen molar-refractivity contribution < 1.29 is 14.5 Å². The van der Waals surface area contributed by atoms with Crippen LogP contribution >= 0.6 is 0 Å². The second-order valence-corrected chi connectivity index (χ2v) is 8.12. The van der Waals surface area contributed by atoms with E-state index in [2.05, 4.69) is 10.3 Å². The lowest BCUT2D eigenvalue weighted by Crippen LogP contribution is -2.32. The third-order valence-electron chi connectivity index (χ3n) is 5.71. The Morgan fingerprint density at radius 2 is 1.97 bits per heavy atom. The highest BCUT2D eigenvalue weighted by atomic mass is 16.6. The molecule has 1 fully saturated rings. The molecule has 1 N–H and O–H groups in total. The minimum atomic E-state index is -0.463. The zero-order chi connectivity index (χ0) is 23.4. The monoisotopic (exact) mass is 446 g/mol. The Morgan fingerprint density at radius 3 is 2.58 bits per heavy atom. The maximum atomic E-state index is 13.3. The number of methoxy groups -OCH3 is 1. The van der Waals surface area contributed by atoms with Gasteiger partial charge in [-0.15, -0.1) is 0 Å². The summed E-state index contributed by atoms with van der Waals surface area (Å²) < 4.78 is 5.20. The van der Waals surface area contributed by atoms with Gasteiger partial charge in [0, 0.05) is 30.4 Å². The molecule has 1 aliphatic rings. The number of carbonyl (C=O) groups is 1. The van der Waals surface area contributed by atoms with Crippen LogP contribution in [0, 0.1) is 10.1 Å². The molecular formula is C25H26N4O4. The summed E-state index contributed by atoms with van der Waals surface area (Å²) in [5.41, 5.74) is 2.27. The highest BCUT2D eigenvalue weighted by Gasteiger charge is 2.34. The van der Waals surface area contributed by atoms with Gasteiger partial charge in [-0.2, -0.15) is 0 Å². The zero-order valence-electron chi connectivity index (χ0n) is 18.6. The molecule has 0 saturated heterocycles. The number of anilines is 1. The molecule has 1 aliphatic carbocycles. The van der Waals surface area contributed by atoms with Crippen LogP contribution in [-0.4, -0.2) is 33.9 Å². The maximum absolute atomic E-state index is 13.3. The first-order valence-electron chi connectivity index (χ1n) is 10.9. The Labute approximate surface area is 192 Å². The Morgan fingerprint density at radius 1 is 1.21 bits per heavy atom. The van der Waals surface area contributed by atoms with Crippen molar-refractivity contribution in [3.63, 3.8) is 0 Å². The van der Waals surface area contributed by atoms with E-state index in [1.165, 1.54) is 6.07 Å². The molecule has 3 aromatic rings. The Bertz CT molecular complexity index is 1130. The predicted molar refractivity (Wildman–Crippen MR) is 125 cm³/mol. The molecule has 1 atom stereocenters. The Balaban J connectivity index is 1.56. The van der Waals surface area contributed by atoms with E-state index in [-0.39, 0.29) is 23.7 Å². The highest BCUT2D eigenvalue weighted by Crippen LogP contribution is 2.33. The molecule has 1 aromatic heterocycles. The number of nitro groups is 1. The number of amides is 1. The quantitative estimate of drug-likeness (QED) is 0.368. The number of aromatic nitrogens is 1. The van der Waals surface area contributed by atoms with Crippen LogP contribution < -0.4 is 10.1 Å². The summed E-state index contributed by atoms with van der Waals surface area (Å²) in [4.78, 5) is 30.8. The molecule has 0 bridgehead atoms. The van der Waals surface area contributed by atoms with Crippen LogP contribution in [0.15, 0.2) is 66.9 Å². The molecule has 8 heteroatoms. The number of ether oxygens (including phenoxy) is 1. The number of benzene rings is 2. The fourth-order valence-corrected chi connectivity index (χ4v) is 3.72. The van der Waals surface area contributed by atoms with Gasteiger partial charge in [0.25, 0.3) is 11.6 Å². The van der Waals surface area contributed by atoms with Gasteiger partial charge in [0.05, 0.1) is 23.8 Å². The lowest BCUT2D eigenvalue weighted by Gasteiger charge is -2.23. The lowest BCUT2D eigenvalue weighted by molar-refractivity contribution is -0.384. The average molecular weight is 447 g/mol. The van der Waals surface area contributed by atoms with E-state index in [1.807, 2.05) is 49.4 Å². The molecular weight excluding hydrogens is 420 g/mol. The molecule has 2 aromatic carbocycles. The smallest absolute Gasteiger partial charge is 0.293 e. The number of hydrogen-bond acceptors (Lipinski definition) is 6. The standard InChI is InChI=1S/C25H26N4O4/c1-17(22-5-3-4-14-26-22)27-23-13-8-19(15-24(23)29(31)32)25(30)28(20-9-10-20)16-18-6-11-21(33-2)12-7-18/h3-8,11-15,17,20,27H,9-10,16H2,1-2H3. The number of nitrogens with zero attached hydrogens (tertiary/aromatic N) is 3. The van der Waals surface area contributed by atoms with Crippen LogP contribution in [0.2, 0.25) is 0 Å². The van der Waals surface area contributed by atoms with E-state index in [4.69, 9.17) is 4.74 Å². The van der Waals surface area contributed by atoms with Crippen LogP contribution in [0.3, 0.4) is 0 Å². The molecule has 1 heterocycles. The van der Waals surface area contributed by atoms with Crippen LogP contribution in [-0.2, 0) is 6.54 Å². The Kier molecular flexibility index (Phi) is 6.53. The van der Waals surface area contributed by atoms with Crippen molar-refractivity contribution >= 4 is 17.3 Å². The van der Waals surface area contributed by atoms with Gasteiger partial charge in [0.15, 0.2) is 0 Å². The summed E-state index contributed by atoms with van der Waals surface area (Å²) >= 11 is 0. The first kappa shape index (κ1) is 22.3. The third kappa shape index (κ3) is 5.28. The minimum Gasteiger partial charge on any atom is -0.497 e. The summed E-state index contributed by atoms with van der Waals surface area (Å²) in [6.45, 7) is 2.33. The minimum absolute atomic E-state index is 0.135. The van der Waals surface area contributed by atoms with Crippen LogP contribution in [0.25, 0.3) is 0 Å². The Hall–Kier alpha value is -3.94. The van der Waals surface area contributed by atoms with E-state index in [0.29, 0.717) is 17.8 Å². The molecule has 1 amide bonds. The van der Waals surface area contributed by atoms with Gasteiger partial charge >= 0.3 is 0 Å². The SMILES string of the molecule is COc1ccc(CN(C(=O)c2ccc(NC(C)c3ccccn3)c([N+](=O)[O-])c2)C2CC2)cc1. The van der Waals surface area contributed by atoms with Gasteiger partial charge < -0.3 is 15.0 Å². The average Bonchev–Trinajstić information content (AvgIpc) is 3.68. The molecule has 0 aliphatic heterocycles. The largest absolute Gasteiger partial charge is 0.497 e. The van der Waals surface area contributed by atoms with E-state index < -0.39 is 4.92 Å². The van der Waals surface area contributed by atoms with E-state index in [1.54, 1.807) is 30.3 Å².